The van der Waals surface area contributed by atoms with E-state index < -0.39 is 0 Å². The van der Waals surface area contributed by atoms with Crippen molar-refractivity contribution in [1.29, 1.82) is 0 Å². The molecule has 0 fully saturated rings. The zero-order valence-corrected chi connectivity index (χ0v) is 13.7. The number of aromatic nitrogens is 2. The molecule has 3 nitrogen and oxygen atoms in total. The van der Waals surface area contributed by atoms with Crippen LogP contribution in [-0.4, -0.2) is 4.98 Å². The van der Waals surface area contributed by atoms with E-state index >= 15 is 0 Å². The number of rotatable bonds is 4. The fraction of sp³-hybridized carbons (Fsp3) is 0. The first kappa shape index (κ1) is 14.6. The number of thiophene rings is 1. The van der Waals surface area contributed by atoms with Gasteiger partial charge < -0.3 is 4.98 Å². The van der Waals surface area contributed by atoms with Gasteiger partial charge in [0.05, 0.1) is 0 Å². The summed E-state index contributed by atoms with van der Waals surface area (Å²) in [7, 11) is 0. The zero-order chi connectivity index (χ0) is 16.2. The van der Waals surface area contributed by atoms with E-state index in [2.05, 4.69) is 45.4 Å². The van der Waals surface area contributed by atoms with Crippen LogP contribution in [0.25, 0.3) is 27.7 Å². The molecule has 0 aliphatic rings. The third-order valence-electron chi connectivity index (χ3n) is 3.72. The number of nitrogens with zero attached hydrogens (tertiary/aromatic N) is 3. The molecule has 0 amide bonds. The van der Waals surface area contributed by atoms with E-state index in [9.17, 15) is 0 Å². The summed E-state index contributed by atoms with van der Waals surface area (Å²) in [6.45, 7) is 0. The van der Waals surface area contributed by atoms with E-state index in [4.69, 9.17) is 0 Å². The molecule has 3 heterocycles. The van der Waals surface area contributed by atoms with Gasteiger partial charge in [-0.15, -0.1) is 0 Å². The van der Waals surface area contributed by atoms with Crippen LogP contribution in [0.4, 0.5) is 5.82 Å². The minimum atomic E-state index is 0.712. The molecule has 0 bridgehead atoms. The molecule has 0 unspecified atom stereocenters. The standard InChI is InChI=1S/C20H15N3S/c1-3-7-16(8-4-1)18-13-19(17-9-12-24-15-17)20(21-14-18)22-23-10-5-2-6-11-23/h1-15H. The zero-order valence-electron chi connectivity index (χ0n) is 12.9. The van der Waals surface area contributed by atoms with Crippen molar-refractivity contribution in [3.63, 3.8) is 0 Å². The molecule has 1 aromatic carbocycles. The summed E-state index contributed by atoms with van der Waals surface area (Å²) in [6.07, 6.45) is 5.70. The van der Waals surface area contributed by atoms with Gasteiger partial charge in [-0.1, -0.05) is 42.6 Å². The first-order valence-electron chi connectivity index (χ1n) is 7.66. The molecule has 24 heavy (non-hydrogen) atoms. The fourth-order valence-corrected chi connectivity index (χ4v) is 3.18. The molecule has 4 aromatic rings. The first-order valence-corrected chi connectivity index (χ1v) is 8.61. The van der Waals surface area contributed by atoms with Crippen molar-refractivity contribution >= 4 is 17.2 Å². The first-order chi connectivity index (χ1) is 11.9. The van der Waals surface area contributed by atoms with E-state index in [1.165, 1.54) is 0 Å². The van der Waals surface area contributed by atoms with Gasteiger partial charge in [0.15, 0.2) is 12.4 Å². The van der Waals surface area contributed by atoms with Gasteiger partial charge in [-0.2, -0.15) is 21.4 Å². The number of pyridine rings is 2. The molecule has 4 heteroatoms. The molecular weight excluding hydrogens is 314 g/mol. The van der Waals surface area contributed by atoms with Gasteiger partial charge in [0.2, 0.25) is 0 Å². The summed E-state index contributed by atoms with van der Waals surface area (Å²) in [5.74, 6) is 0.712. The van der Waals surface area contributed by atoms with Crippen molar-refractivity contribution in [3.8, 4) is 22.3 Å². The molecule has 0 atom stereocenters. The van der Waals surface area contributed by atoms with Crippen LogP contribution in [0.15, 0.2) is 90.0 Å². The lowest BCUT2D eigenvalue weighted by Crippen LogP contribution is -2.26. The smallest absolute Gasteiger partial charge is 0.182 e. The quantitative estimate of drug-likeness (QED) is 0.471. The van der Waals surface area contributed by atoms with Gasteiger partial charge in [0.25, 0.3) is 0 Å². The van der Waals surface area contributed by atoms with Crippen LogP contribution >= 0.6 is 11.3 Å². The van der Waals surface area contributed by atoms with E-state index in [1.54, 1.807) is 16.0 Å². The van der Waals surface area contributed by atoms with E-state index in [1.807, 2.05) is 55.0 Å². The van der Waals surface area contributed by atoms with Crippen molar-refractivity contribution < 1.29 is 4.68 Å². The summed E-state index contributed by atoms with van der Waals surface area (Å²) in [4.78, 5) is 4.62. The third-order valence-corrected chi connectivity index (χ3v) is 4.40. The normalized spacial score (nSPS) is 10.5. The van der Waals surface area contributed by atoms with E-state index in [0.717, 1.165) is 22.3 Å². The van der Waals surface area contributed by atoms with E-state index in [0.29, 0.717) is 5.82 Å². The molecule has 0 saturated heterocycles. The maximum absolute atomic E-state index is 4.64. The Morgan fingerprint density at radius 2 is 1.62 bits per heavy atom. The predicted octanol–water partition coefficient (Wildman–Crippen LogP) is 5.23. The lowest BCUT2D eigenvalue weighted by atomic mass is 10.0. The lowest BCUT2D eigenvalue weighted by Gasteiger charge is -2.16. The van der Waals surface area contributed by atoms with Crippen LogP contribution in [0, 0.1) is 0 Å². The summed E-state index contributed by atoms with van der Waals surface area (Å²) in [5.41, 5.74) is 9.06. The Hall–Kier alpha value is -2.98. The highest BCUT2D eigenvalue weighted by Gasteiger charge is 2.07. The Labute approximate surface area is 144 Å². The Balaban J connectivity index is 1.79. The van der Waals surface area contributed by atoms with Crippen molar-refractivity contribution in [1.82, 2.24) is 4.98 Å². The molecule has 4 rings (SSSR count). The highest BCUT2D eigenvalue weighted by molar-refractivity contribution is 7.08. The maximum Gasteiger partial charge on any atom is 0.182 e. The largest absolute Gasteiger partial charge is 0.437 e. The van der Waals surface area contributed by atoms with Crippen LogP contribution in [0.1, 0.15) is 0 Å². The Morgan fingerprint density at radius 3 is 2.38 bits per heavy atom. The predicted molar refractivity (Wildman–Crippen MR) is 98.0 cm³/mol. The summed E-state index contributed by atoms with van der Waals surface area (Å²) in [5, 5.41) is 4.20. The highest BCUT2D eigenvalue weighted by Crippen LogP contribution is 2.34. The minimum Gasteiger partial charge on any atom is -0.437 e. The third kappa shape index (κ3) is 3.05. The Morgan fingerprint density at radius 1 is 0.833 bits per heavy atom. The SMILES string of the molecule is c1ccc(-c2cnc([N-][n+]3ccccc3)c(-c3ccsc3)c2)cc1. The van der Waals surface area contributed by atoms with Gasteiger partial charge in [-0.3, -0.25) is 0 Å². The number of hydrogen-bond acceptors (Lipinski definition) is 2. The van der Waals surface area contributed by atoms with Gasteiger partial charge in [0.1, 0.15) is 0 Å². The van der Waals surface area contributed by atoms with Gasteiger partial charge >= 0.3 is 0 Å². The van der Waals surface area contributed by atoms with Crippen molar-refractivity contribution in [2.45, 2.75) is 0 Å². The molecule has 0 saturated carbocycles. The van der Waals surface area contributed by atoms with Crippen LogP contribution in [0.2, 0.25) is 0 Å². The summed E-state index contributed by atoms with van der Waals surface area (Å²) < 4.78 is 1.78. The highest BCUT2D eigenvalue weighted by atomic mass is 32.1. The average Bonchev–Trinajstić information content (AvgIpc) is 3.18. The molecule has 0 radical (unpaired) electrons. The molecule has 0 N–H and O–H groups in total. The number of benzene rings is 1. The van der Waals surface area contributed by atoms with Gasteiger partial charge in [-0.05, 0) is 45.1 Å². The molecule has 0 aliphatic heterocycles. The van der Waals surface area contributed by atoms with Crippen LogP contribution < -0.4 is 4.68 Å². The molecular formula is C20H15N3S. The Bertz CT molecular complexity index is 920. The molecule has 0 aliphatic carbocycles. The van der Waals surface area contributed by atoms with Crippen molar-refractivity contribution in [2.24, 2.45) is 0 Å². The van der Waals surface area contributed by atoms with Crippen LogP contribution in [-0.2, 0) is 0 Å². The summed E-state index contributed by atoms with van der Waals surface area (Å²) in [6, 6.07) is 20.4. The minimum absolute atomic E-state index is 0.712. The monoisotopic (exact) mass is 329 g/mol. The summed E-state index contributed by atoms with van der Waals surface area (Å²) >= 11 is 1.67. The van der Waals surface area contributed by atoms with Gasteiger partial charge in [0, 0.05) is 18.0 Å². The molecule has 0 spiro atoms. The van der Waals surface area contributed by atoms with Crippen LogP contribution in [0.3, 0.4) is 0 Å². The van der Waals surface area contributed by atoms with Crippen LogP contribution in [0.5, 0.6) is 0 Å². The maximum atomic E-state index is 4.64. The molecule has 116 valence electrons. The second kappa shape index (κ2) is 6.64. The van der Waals surface area contributed by atoms with Crippen molar-refractivity contribution in [2.75, 3.05) is 0 Å². The topological polar surface area (TPSA) is 30.9 Å². The van der Waals surface area contributed by atoms with E-state index in [-0.39, 0.29) is 0 Å². The fourth-order valence-electron chi connectivity index (χ4n) is 2.52. The average molecular weight is 329 g/mol. The molecule has 3 aromatic heterocycles. The lowest BCUT2D eigenvalue weighted by molar-refractivity contribution is -0.619. The second-order valence-electron chi connectivity index (χ2n) is 5.33. The van der Waals surface area contributed by atoms with Gasteiger partial charge in [-0.25, -0.2) is 0 Å². The Kier molecular flexibility index (Phi) is 4.04. The number of hydrogen-bond donors (Lipinski definition) is 0. The van der Waals surface area contributed by atoms with Crippen molar-refractivity contribution in [3.05, 3.63) is 95.4 Å². The second-order valence-corrected chi connectivity index (χ2v) is 6.11.